The Morgan fingerprint density at radius 1 is 1.39 bits per heavy atom. The van der Waals surface area contributed by atoms with Gasteiger partial charge in [0.05, 0.1) is 10.3 Å². The molecule has 0 aliphatic carbocycles. The summed E-state index contributed by atoms with van der Waals surface area (Å²) >= 11 is 7.26. The fraction of sp³-hybridized carbons (Fsp3) is 0.273. The molecular formula is C11H10ClN3O2S. The summed E-state index contributed by atoms with van der Waals surface area (Å²) in [6, 6.07) is 4.86. The van der Waals surface area contributed by atoms with Gasteiger partial charge in [0, 0.05) is 17.7 Å². The number of rotatable bonds is 3. The van der Waals surface area contributed by atoms with Gasteiger partial charge in [0.15, 0.2) is 0 Å². The van der Waals surface area contributed by atoms with E-state index in [2.05, 4.69) is 10.2 Å². The lowest BCUT2D eigenvalue weighted by atomic mass is 10.1. The van der Waals surface area contributed by atoms with E-state index in [1.165, 1.54) is 23.5 Å². The highest BCUT2D eigenvalue weighted by molar-refractivity contribution is 7.15. The van der Waals surface area contributed by atoms with Gasteiger partial charge in [-0.3, -0.25) is 10.1 Å². The number of hydrogen-bond acceptors (Lipinski definition) is 5. The van der Waals surface area contributed by atoms with Crippen LogP contribution in [0, 0.1) is 17.0 Å². The molecule has 94 valence electrons. The van der Waals surface area contributed by atoms with Gasteiger partial charge in [-0.15, -0.1) is 21.8 Å². The highest BCUT2D eigenvalue weighted by atomic mass is 35.5. The van der Waals surface area contributed by atoms with Crippen LogP contribution in [0.1, 0.15) is 22.9 Å². The monoisotopic (exact) mass is 283 g/mol. The molecule has 2 rings (SSSR count). The number of aryl methyl sites for hydroxylation is 1. The molecule has 0 aliphatic rings. The molecule has 0 saturated carbocycles. The molecule has 7 heteroatoms. The molecule has 0 saturated heterocycles. The summed E-state index contributed by atoms with van der Waals surface area (Å²) in [5, 5.41) is 19.9. The van der Waals surface area contributed by atoms with E-state index in [0.717, 1.165) is 5.56 Å². The van der Waals surface area contributed by atoms with E-state index in [1.807, 2.05) is 19.9 Å². The third-order valence-corrected chi connectivity index (χ3v) is 3.79. The minimum absolute atomic E-state index is 0.0562. The summed E-state index contributed by atoms with van der Waals surface area (Å²) in [6.07, 6.45) is 0. The van der Waals surface area contributed by atoms with Gasteiger partial charge in [-0.05, 0) is 25.5 Å². The summed E-state index contributed by atoms with van der Waals surface area (Å²) in [5.74, 6) is 0. The number of halogens is 1. The zero-order valence-corrected chi connectivity index (χ0v) is 11.3. The number of nitro groups is 1. The van der Waals surface area contributed by atoms with Gasteiger partial charge in [-0.1, -0.05) is 11.3 Å². The quantitative estimate of drug-likeness (QED) is 0.489. The number of nitro benzene ring substituents is 1. The van der Waals surface area contributed by atoms with Crippen LogP contribution in [-0.4, -0.2) is 15.1 Å². The maximum absolute atomic E-state index is 10.8. The van der Waals surface area contributed by atoms with E-state index in [-0.39, 0.29) is 11.1 Å². The minimum atomic E-state index is -0.414. The van der Waals surface area contributed by atoms with E-state index >= 15 is 0 Å². The van der Waals surface area contributed by atoms with Gasteiger partial charge in [-0.2, -0.15) is 0 Å². The summed E-state index contributed by atoms with van der Waals surface area (Å²) in [4.78, 5) is 10.4. The first-order valence-electron chi connectivity index (χ1n) is 5.21. The molecule has 1 heterocycles. The first kappa shape index (κ1) is 12.9. The molecular weight excluding hydrogens is 274 g/mol. The lowest BCUT2D eigenvalue weighted by Gasteiger charge is -1.99. The van der Waals surface area contributed by atoms with E-state index in [0.29, 0.717) is 15.6 Å². The van der Waals surface area contributed by atoms with E-state index in [1.54, 1.807) is 0 Å². The maximum Gasteiger partial charge on any atom is 0.270 e. The maximum atomic E-state index is 10.8. The molecule has 5 nitrogen and oxygen atoms in total. The van der Waals surface area contributed by atoms with Crippen LogP contribution in [0.25, 0.3) is 10.6 Å². The lowest BCUT2D eigenvalue weighted by molar-refractivity contribution is -0.384. The van der Waals surface area contributed by atoms with Crippen molar-refractivity contribution in [2.24, 2.45) is 0 Å². The predicted molar refractivity (Wildman–Crippen MR) is 71.0 cm³/mol. The van der Waals surface area contributed by atoms with Crippen LogP contribution in [0.15, 0.2) is 18.2 Å². The highest BCUT2D eigenvalue weighted by Gasteiger charge is 2.14. The van der Waals surface area contributed by atoms with Crippen LogP contribution >= 0.6 is 22.9 Å². The molecule has 1 aromatic heterocycles. The standard InChI is InChI=1S/C11H10ClN3O2S/c1-6-3-8(5-9(4-6)15(16)17)11-14-13-10(18-11)7(2)12/h3-5,7H,1-2H3. The number of aromatic nitrogens is 2. The molecule has 18 heavy (non-hydrogen) atoms. The van der Waals surface area contributed by atoms with Crippen LogP contribution in [0.4, 0.5) is 5.69 Å². The molecule has 0 fully saturated rings. The average Bonchev–Trinajstić information content (AvgIpc) is 2.77. The Kier molecular flexibility index (Phi) is 3.58. The molecule has 0 spiro atoms. The van der Waals surface area contributed by atoms with E-state index in [4.69, 9.17) is 11.6 Å². The molecule has 0 bridgehead atoms. The molecule has 0 amide bonds. The first-order chi connectivity index (χ1) is 8.47. The summed E-state index contributed by atoms with van der Waals surface area (Å²) in [6.45, 7) is 3.62. The van der Waals surface area contributed by atoms with Crippen molar-refractivity contribution in [3.05, 3.63) is 38.9 Å². The van der Waals surface area contributed by atoms with Gasteiger partial charge in [-0.25, -0.2) is 0 Å². The number of nitrogens with zero attached hydrogens (tertiary/aromatic N) is 3. The van der Waals surface area contributed by atoms with Gasteiger partial charge in [0.25, 0.3) is 5.69 Å². The van der Waals surface area contributed by atoms with Crippen molar-refractivity contribution in [2.45, 2.75) is 19.2 Å². The van der Waals surface area contributed by atoms with E-state index < -0.39 is 4.92 Å². The molecule has 0 radical (unpaired) electrons. The molecule has 2 aromatic rings. The predicted octanol–water partition coefficient (Wildman–Crippen LogP) is 3.72. The summed E-state index contributed by atoms with van der Waals surface area (Å²) < 4.78 is 0. The third kappa shape index (κ3) is 2.65. The van der Waals surface area contributed by atoms with Gasteiger partial charge >= 0.3 is 0 Å². The molecule has 0 aliphatic heterocycles. The number of hydrogen-bond donors (Lipinski definition) is 0. The van der Waals surface area contributed by atoms with Crippen molar-refractivity contribution >= 4 is 28.6 Å². The minimum Gasteiger partial charge on any atom is -0.258 e. The second kappa shape index (κ2) is 4.99. The Bertz CT molecular complexity index is 598. The molecule has 1 atom stereocenters. The number of benzene rings is 1. The van der Waals surface area contributed by atoms with Crippen LogP contribution in [-0.2, 0) is 0 Å². The Labute approximate surface area is 113 Å². The molecule has 1 aromatic carbocycles. The van der Waals surface area contributed by atoms with Crippen LogP contribution in [0.5, 0.6) is 0 Å². The van der Waals surface area contributed by atoms with Gasteiger partial charge in [0.1, 0.15) is 10.0 Å². The molecule has 0 N–H and O–H groups in total. The van der Waals surface area contributed by atoms with Gasteiger partial charge < -0.3 is 0 Å². The van der Waals surface area contributed by atoms with Crippen LogP contribution in [0.3, 0.4) is 0 Å². The largest absolute Gasteiger partial charge is 0.270 e. The first-order valence-corrected chi connectivity index (χ1v) is 6.46. The Balaban J connectivity index is 2.46. The van der Waals surface area contributed by atoms with E-state index in [9.17, 15) is 10.1 Å². The van der Waals surface area contributed by atoms with Crippen LogP contribution < -0.4 is 0 Å². The van der Waals surface area contributed by atoms with Crippen molar-refractivity contribution in [3.63, 3.8) is 0 Å². The normalized spacial score (nSPS) is 12.4. The summed E-state index contributed by atoms with van der Waals surface area (Å²) in [7, 11) is 0. The lowest BCUT2D eigenvalue weighted by Crippen LogP contribution is -1.90. The fourth-order valence-corrected chi connectivity index (χ4v) is 2.44. The third-order valence-electron chi connectivity index (χ3n) is 2.30. The number of alkyl halides is 1. The zero-order valence-electron chi connectivity index (χ0n) is 9.75. The number of non-ortho nitro benzene ring substituents is 1. The molecule has 1 unspecified atom stereocenters. The van der Waals surface area contributed by atoms with Crippen molar-refractivity contribution in [2.75, 3.05) is 0 Å². The second-order valence-electron chi connectivity index (χ2n) is 3.88. The average molecular weight is 284 g/mol. The highest BCUT2D eigenvalue weighted by Crippen LogP contribution is 2.31. The van der Waals surface area contributed by atoms with Crippen molar-refractivity contribution in [1.82, 2.24) is 10.2 Å². The summed E-state index contributed by atoms with van der Waals surface area (Å²) in [5.41, 5.74) is 1.57. The van der Waals surface area contributed by atoms with Crippen molar-refractivity contribution < 1.29 is 4.92 Å². The Morgan fingerprint density at radius 3 is 2.67 bits per heavy atom. The second-order valence-corrected chi connectivity index (χ2v) is 5.54. The zero-order chi connectivity index (χ0) is 13.3. The van der Waals surface area contributed by atoms with Crippen molar-refractivity contribution in [1.29, 1.82) is 0 Å². The Morgan fingerprint density at radius 2 is 2.11 bits per heavy atom. The SMILES string of the molecule is Cc1cc(-c2nnc(C(C)Cl)s2)cc([N+](=O)[O-])c1. The van der Waals surface area contributed by atoms with Gasteiger partial charge in [0.2, 0.25) is 0 Å². The van der Waals surface area contributed by atoms with Crippen LogP contribution in [0.2, 0.25) is 0 Å². The smallest absolute Gasteiger partial charge is 0.258 e. The topological polar surface area (TPSA) is 68.9 Å². The fourth-order valence-electron chi connectivity index (χ4n) is 1.50. The Hall–Kier alpha value is -1.53. The van der Waals surface area contributed by atoms with Crippen molar-refractivity contribution in [3.8, 4) is 10.6 Å².